The number of esters is 1. The molecule has 0 amide bonds. The van der Waals surface area contributed by atoms with E-state index in [4.69, 9.17) is 4.74 Å². The van der Waals surface area contributed by atoms with Gasteiger partial charge in [-0.3, -0.25) is 0 Å². The molecule has 146 valence electrons. The molecule has 0 saturated carbocycles. The number of aromatic nitrogens is 1. The van der Waals surface area contributed by atoms with Gasteiger partial charge in [-0.15, -0.1) is 11.3 Å². The lowest BCUT2D eigenvalue weighted by Gasteiger charge is -2.05. The zero-order valence-electron chi connectivity index (χ0n) is 16.3. The molecule has 6 heteroatoms. The molecule has 1 aromatic heterocycles. The maximum atomic E-state index is 11.8. The van der Waals surface area contributed by atoms with Crippen LogP contribution in [0.1, 0.15) is 34.3 Å². The number of thiazole rings is 1. The molecule has 0 aliphatic rings. The maximum Gasteiger partial charge on any atom is 0.338 e. The molecule has 0 saturated heterocycles. The summed E-state index contributed by atoms with van der Waals surface area (Å²) in [5.41, 5.74) is 4.77. The number of nitrogens with one attached hydrogen (secondary N) is 1. The molecule has 0 bridgehead atoms. The quantitative estimate of drug-likeness (QED) is 0.407. The van der Waals surface area contributed by atoms with Gasteiger partial charge in [0.2, 0.25) is 0 Å². The zero-order valence-corrected chi connectivity index (χ0v) is 17.1. The molecule has 29 heavy (non-hydrogen) atoms. The van der Waals surface area contributed by atoms with Crippen LogP contribution in [-0.2, 0) is 4.74 Å². The van der Waals surface area contributed by atoms with E-state index in [-0.39, 0.29) is 5.97 Å². The molecular weight excluding hydrogens is 382 g/mol. The second-order valence-corrected chi connectivity index (χ2v) is 7.29. The Kier molecular flexibility index (Phi) is 6.77. The predicted octanol–water partition coefficient (Wildman–Crippen LogP) is 5.66. The normalized spacial score (nSPS) is 11.0. The number of allylic oxidation sites excluding steroid dienone is 1. The van der Waals surface area contributed by atoms with Crippen LogP contribution in [0.2, 0.25) is 0 Å². The number of carbonyl (C=O) groups excluding carboxylic acids is 1. The predicted molar refractivity (Wildman–Crippen MR) is 117 cm³/mol. The maximum absolute atomic E-state index is 11.8. The van der Waals surface area contributed by atoms with Crippen molar-refractivity contribution in [3.63, 3.8) is 0 Å². The van der Waals surface area contributed by atoms with E-state index in [0.717, 1.165) is 23.4 Å². The van der Waals surface area contributed by atoms with Crippen LogP contribution in [0.3, 0.4) is 0 Å². The summed E-state index contributed by atoms with van der Waals surface area (Å²) in [7, 11) is 0. The Labute approximate surface area is 174 Å². The van der Waals surface area contributed by atoms with Crippen LogP contribution in [0, 0.1) is 18.3 Å². The number of anilines is 1. The Morgan fingerprint density at radius 2 is 1.93 bits per heavy atom. The average Bonchev–Trinajstić information content (AvgIpc) is 3.23. The third-order valence-corrected chi connectivity index (χ3v) is 5.02. The lowest BCUT2D eigenvalue weighted by atomic mass is 10.1. The van der Waals surface area contributed by atoms with Gasteiger partial charge in [0.25, 0.3) is 0 Å². The summed E-state index contributed by atoms with van der Waals surface area (Å²) in [5.74, 6) is -0.335. The van der Waals surface area contributed by atoms with Crippen molar-refractivity contribution in [2.75, 3.05) is 11.9 Å². The summed E-state index contributed by atoms with van der Waals surface area (Å²) >= 11 is 1.43. The summed E-state index contributed by atoms with van der Waals surface area (Å²) in [6, 6.07) is 17.2. The Morgan fingerprint density at radius 3 is 2.59 bits per heavy atom. The smallest absolute Gasteiger partial charge is 0.338 e. The largest absolute Gasteiger partial charge is 0.462 e. The van der Waals surface area contributed by atoms with Crippen molar-refractivity contribution in [1.82, 2.24) is 4.98 Å². The minimum atomic E-state index is -0.335. The van der Waals surface area contributed by atoms with E-state index in [1.165, 1.54) is 16.9 Å². The van der Waals surface area contributed by atoms with Crippen LogP contribution in [0.15, 0.2) is 60.1 Å². The van der Waals surface area contributed by atoms with Crippen molar-refractivity contribution in [3.05, 3.63) is 76.2 Å². The Bertz CT molecular complexity index is 1040. The lowest BCUT2D eigenvalue weighted by Crippen LogP contribution is -2.05. The number of benzene rings is 2. The molecule has 0 unspecified atom stereocenters. The highest BCUT2D eigenvalue weighted by molar-refractivity contribution is 7.11. The second kappa shape index (κ2) is 9.67. The summed E-state index contributed by atoms with van der Waals surface area (Å²) in [4.78, 5) is 16.4. The van der Waals surface area contributed by atoms with Gasteiger partial charge < -0.3 is 10.1 Å². The van der Waals surface area contributed by atoms with Crippen LogP contribution >= 0.6 is 11.3 Å². The van der Waals surface area contributed by atoms with E-state index >= 15 is 0 Å². The van der Waals surface area contributed by atoms with Gasteiger partial charge >= 0.3 is 5.97 Å². The average molecular weight is 404 g/mol. The van der Waals surface area contributed by atoms with Crippen LogP contribution in [0.25, 0.3) is 16.8 Å². The molecule has 5 nitrogen and oxygen atoms in total. The molecule has 2 aromatic carbocycles. The highest BCUT2D eigenvalue weighted by atomic mass is 32.1. The lowest BCUT2D eigenvalue weighted by molar-refractivity contribution is 0.0505. The van der Waals surface area contributed by atoms with Crippen molar-refractivity contribution >= 4 is 28.6 Å². The number of nitriles is 1. The minimum Gasteiger partial charge on any atom is -0.462 e. The van der Waals surface area contributed by atoms with Crippen molar-refractivity contribution < 1.29 is 9.53 Å². The number of ether oxygens (including phenoxy) is 1. The topological polar surface area (TPSA) is 75.0 Å². The van der Waals surface area contributed by atoms with Gasteiger partial charge in [0.1, 0.15) is 16.6 Å². The fraction of sp³-hybridized carbons (Fsp3) is 0.174. The Balaban J connectivity index is 1.70. The molecule has 3 aromatic rings. The van der Waals surface area contributed by atoms with Crippen LogP contribution in [0.4, 0.5) is 5.69 Å². The van der Waals surface area contributed by atoms with Crippen LogP contribution in [0.5, 0.6) is 0 Å². The number of rotatable bonds is 7. The van der Waals surface area contributed by atoms with Gasteiger partial charge in [-0.05, 0) is 37.6 Å². The SMILES string of the molecule is CCCOC(=O)c1ccc(N/C=C(\C#N)c2nc(-c3ccc(C)cc3)cs2)cc1. The summed E-state index contributed by atoms with van der Waals surface area (Å²) in [6.07, 6.45) is 2.41. The second-order valence-electron chi connectivity index (χ2n) is 6.43. The van der Waals surface area contributed by atoms with E-state index in [2.05, 4.69) is 16.4 Å². The van der Waals surface area contributed by atoms with E-state index in [1.54, 1.807) is 30.5 Å². The first-order chi connectivity index (χ1) is 14.1. The monoisotopic (exact) mass is 403 g/mol. The van der Waals surface area contributed by atoms with E-state index in [1.807, 2.05) is 43.5 Å². The van der Waals surface area contributed by atoms with E-state index in [0.29, 0.717) is 22.8 Å². The summed E-state index contributed by atoms with van der Waals surface area (Å²) in [5, 5.41) is 15.2. The standard InChI is InChI=1S/C23H21N3O2S/c1-3-12-28-23(27)18-8-10-20(11-9-18)25-14-19(13-24)22-26-21(15-29-22)17-6-4-16(2)5-7-17/h4-11,14-15,25H,3,12H2,1-2H3/b19-14+. The van der Waals surface area contributed by atoms with Gasteiger partial charge in [0.15, 0.2) is 0 Å². The number of aryl methyl sites for hydroxylation is 1. The molecule has 0 spiro atoms. The van der Waals surface area contributed by atoms with Gasteiger partial charge in [-0.2, -0.15) is 5.26 Å². The fourth-order valence-electron chi connectivity index (χ4n) is 2.53. The van der Waals surface area contributed by atoms with Gasteiger partial charge in [0.05, 0.1) is 17.9 Å². The molecule has 0 fully saturated rings. The van der Waals surface area contributed by atoms with Gasteiger partial charge in [-0.25, -0.2) is 9.78 Å². The number of nitrogens with zero attached hydrogens (tertiary/aromatic N) is 2. The molecule has 1 heterocycles. The minimum absolute atomic E-state index is 0.335. The number of hydrogen-bond donors (Lipinski definition) is 1. The Morgan fingerprint density at radius 1 is 1.21 bits per heavy atom. The van der Waals surface area contributed by atoms with Gasteiger partial charge in [0, 0.05) is 22.8 Å². The van der Waals surface area contributed by atoms with Gasteiger partial charge in [-0.1, -0.05) is 36.8 Å². The van der Waals surface area contributed by atoms with Crippen LogP contribution in [-0.4, -0.2) is 17.6 Å². The van der Waals surface area contributed by atoms with Crippen molar-refractivity contribution in [2.24, 2.45) is 0 Å². The van der Waals surface area contributed by atoms with Crippen LogP contribution < -0.4 is 5.32 Å². The molecule has 0 radical (unpaired) electrons. The molecule has 0 aliphatic heterocycles. The molecule has 3 rings (SSSR count). The summed E-state index contributed by atoms with van der Waals surface area (Å²) < 4.78 is 5.11. The highest BCUT2D eigenvalue weighted by Crippen LogP contribution is 2.26. The molecular formula is C23H21N3O2S. The molecule has 0 atom stereocenters. The van der Waals surface area contributed by atoms with E-state index in [9.17, 15) is 10.1 Å². The van der Waals surface area contributed by atoms with E-state index < -0.39 is 0 Å². The molecule has 0 aliphatic carbocycles. The number of hydrogen-bond acceptors (Lipinski definition) is 6. The van der Waals surface area contributed by atoms with Crippen molar-refractivity contribution in [2.45, 2.75) is 20.3 Å². The fourth-order valence-corrected chi connectivity index (χ4v) is 3.33. The third kappa shape index (κ3) is 5.31. The highest BCUT2D eigenvalue weighted by Gasteiger charge is 2.09. The molecule has 1 N–H and O–H groups in total. The van der Waals surface area contributed by atoms with Crippen molar-refractivity contribution in [1.29, 1.82) is 5.26 Å². The number of carbonyl (C=O) groups is 1. The zero-order chi connectivity index (χ0) is 20.6. The first kappa shape index (κ1) is 20.3. The third-order valence-electron chi connectivity index (χ3n) is 4.14. The Hall–Kier alpha value is -3.43. The first-order valence-corrected chi connectivity index (χ1v) is 10.2. The first-order valence-electron chi connectivity index (χ1n) is 9.27. The summed E-state index contributed by atoms with van der Waals surface area (Å²) in [6.45, 7) is 4.40. The van der Waals surface area contributed by atoms with Crippen molar-refractivity contribution in [3.8, 4) is 17.3 Å².